The van der Waals surface area contributed by atoms with Gasteiger partial charge in [0.2, 0.25) is 11.8 Å². The standard InChI is InChI=1S/C29H44N7O19P3S/c1-28(2,23(41)26(42)32-8-6-18(38)31-9-10-59-19(39)11-29(43)7-4-3-5-17(29)37)13-52-58(49,50)55-57(47,48)51-12-16-22(54-56(44,45)46)21(40)27(53-16)36-15-35-20-24(30)33-14-34-25(20)36/h3-5,7,14-17,21-23,27,37,40-41,43H,6,8-13H2,1-2H3,(H,31,38)(H,32,42)(H,47,48)(H,49,50)(H2,30,33,34)(H2,44,45,46)/p-4/t16-,17+,21-,22-,23+,27-,29+/m1/s1. The van der Waals surface area contributed by atoms with Gasteiger partial charge in [-0.25, -0.2) is 19.3 Å². The molecule has 59 heavy (non-hydrogen) atoms. The molecule has 2 aliphatic rings. The van der Waals surface area contributed by atoms with Crippen molar-refractivity contribution in [1.29, 1.82) is 0 Å². The van der Waals surface area contributed by atoms with Gasteiger partial charge in [-0.05, 0) is 6.08 Å². The predicted molar refractivity (Wildman–Crippen MR) is 192 cm³/mol. The molecule has 1 aliphatic heterocycles. The van der Waals surface area contributed by atoms with E-state index in [1.807, 2.05) is 0 Å². The number of nitrogen functional groups attached to an aromatic ring is 1. The number of carbonyl (C=O) groups is 3. The number of imidazole rings is 1. The number of rotatable bonds is 21. The van der Waals surface area contributed by atoms with Crippen molar-refractivity contribution in [3.05, 3.63) is 37.0 Å². The monoisotopic (exact) mass is 915 g/mol. The van der Waals surface area contributed by atoms with E-state index in [-0.39, 0.29) is 48.7 Å². The molecule has 2 unspecified atom stereocenters. The zero-order chi connectivity index (χ0) is 44.0. The maximum absolute atomic E-state index is 12.6. The molecule has 30 heteroatoms. The van der Waals surface area contributed by atoms with Gasteiger partial charge in [-0.15, -0.1) is 0 Å². The first-order valence-corrected chi connectivity index (χ1v) is 22.4. The summed E-state index contributed by atoms with van der Waals surface area (Å²) in [7, 11) is -17.7. The molecule has 0 bridgehead atoms. The topological polar surface area (TPSA) is 415 Å². The summed E-state index contributed by atoms with van der Waals surface area (Å²) in [6, 6.07) is 0. The van der Waals surface area contributed by atoms with E-state index < -0.39 is 101 Å². The number of thioether (sulfide) groups is 1. The number of nitrogens with one attached hydrogen (secondary N) is 2. The number of hydrogen-bond donors (Lipinski definition) is 7. The number of anilines is 1. The van der Waals surface area contributed by atoms with E-state index >= 15 is 0 Å². The molecule has 8 N–H and O–H groups in total. The number of aliphatic hydroxyl groups excluding tert-OH is 3. The molecule has 2 aromatic rings. The number of phosphoric ester groups is 3. The zero-order valence-corrected chi connectivity index (χ0v) is 34.4. The summed E-state index contributed by atoms with van der Waals surface area (Å²) < 4.78 is 60.5. The number of hydrogen-bond acceptors (Lipinski definition) is 24. The van der Waals surface area contributed by atoms with Gasteiger partial charge >= 0.3 is 0 Å². The molecular weight excluding hydrogens is 875 g/mol. The number of aliphatic hydroxyl groups is 4. The van der Waals surface area contributed by atoms with E-state index in [0.29, 0.717) is 0 Å². The Balaban J connectivity index is 1.21. The van der Waals surface area contributed by atoms with E-state index in [1.165, 1.54) is 38.2 Å². The predicted octanol–water partition coefficient (Wildman–Crippen LogP) is -4.26. The van der Waals surface area contributed by atoms with Gasteiger partial charge in [-0.1, -0.05) is 43.8 Å². The van der Waals surface area contributed by atoms with Gasteiger partial charge in [0, 0.05) is 30.7 Å². The third kappa shape index (κ3) is 13.7. The molecule has 0 saturated carbocycles. The Hall–Kier alpha value is -3.04. The second-order valence-corrected chi connectivity index (χ2v) is 18.8. The van der Waals surface area contributed by atoms with E-state index in [9.17, 15) is 68.1 Å². The van der Waals surface area contributed by atoms with Gasteiger partial charge in [0.1, 0.15) is 48.0 Å². The number of aromatic nitrogens is 4. The van der Waals surface area contributed by atoms with Crippen LogP contribution in [-0.2, 0) is 50.7 Å². The number of amides is 2. The Morgan fingerprint density at radius 2 is 1.76 bits per heavy atom. The van der Waals surface area contributed by atoms with Crippen LogP contribution in [0.15, 0.2) is 37.0 Å². The number of phosphoric acid groups is 3. The Morgan fingerprint density at radius 1 is 1.07 bits per heavy atom. The van der Waals surface area contributed by atoms with Crippen molar-refractivity contribution >= 4 is 69.1 Å². The van der Waals surface area contributed by atoms with Crippen LogP contribution in [0, 0.1) is 5.41 Å². The third-order valence-corrected chi connectivity index (χ3v) is 12.4. The lowest BCUT2D eigenvalue weighted by Crippen LogP contribution is -2.46. The van der Waals surface area contributed by atoms with Crippen molar-refractivity contribution in [2.45, 2.75) is 69.0 Å². The van der Waals surface area contributed by atoms with Crippen LogP contribution in [0.1, 0.15) is 32.9 Å². The van der Waals surface area contributed by atoms with Gasteiger partial charge < -0.3 is 79.2 Å². The summed E-state index contributed by atoms with van der Waals surface area (Å²) in [5.41, 5.74) is 2.27. The smallest absolute Gasteiger partial charge is 0.274 e. The largest absolute Gasteiger partial charge is 0.790 e. The molecule has 26 nitrogen and oxygen atoms in total. The van der Waals surface area contributed by atoms with Crippen molar-refractivity contribution in [3.8, 4) is 0 Å². The number of nitrogens with two attached hydrogens (primary N) is 1. The highest BCUT2D eigenvalue weighted by molar-refractivity contribution is 8.13. The molecule has 1 aliphatic carbocycles. The second kappa shape index (κ2) is 19.8. The zero-order valence-electron chi connectivity index (χ0n) is 30.9. The maximum atomic E-state index is 12.6. The van der Waals surface area contributed by atoms with Gasteiger partial charge in [0.25, 0.3) is 15.6 Å². The average Bonchev–Trinajstić information content (AvgIpc) is 3.69. The third-order valence-electron chi connectivity index (χ3n) is 8.47. The molecule has 4 rings (SSSR count). The SMILES string of the molecule is CC(C)(COP(=O)([O-])OP(=O)([O-])OC[C@H]1O[C@@H](n2cnc3c(N)ncnc32)[C@H](O)[C@@H]1OP(=O)([O-])[O-])[C@@H](O)C(=O)NCCC(=O)NCCSC(=O)C[C@@]1(O)C=CC=C[C@@H]1O. The first-order chi connectivity index (χ1) is 27.3. The van der Waals surface area contributed by atoms with E-state index in [2.05, 4.69) is 43.5 Å². The summed E-state index contributed by atoms with van der Waals surface area (Å²) in [5, 5.41) is 46.0. The van der Waals surface area contributed by atoms with Crippen LogP contribution in [0.4, 0.5) is 5.82 Å². The molecule has 2 amide bonds. The van der Waals surface area contributed by atoms with Crippen LogP contribution < -0.4 is 35.9 Å². The quantitative estimate of drug-likeness (QED) is 0.0460. The van der Waals surface area contributed by atoms with Crippen molar-refractivity contribution < 1.29 is 90.7 Å². The molecular formula is C29H40N7O19P3S-4. The summed E-state index contributed by atoms with van der Waals surface area (Å²) >= 11 is 0.824. The fourth-order valence-electron chi connectivity index (χ4n) is 5.37. The van der Waals surface area contributed by atoms with Crippen molar-refractivity contribution in [3.63, 3.8) is 0 Å². The van der Waals surface area contributed by atoms with Crippen LogP contribution >= 0.6 is 35.2 Å². The summed E-state index contributed by atoms with van der Waals surface area (Å²) in [6.45, 7) is -0.215. The molecule has 9 atom stereocenters. The second-order valence-electron chi connectivity index (χ2n) is 13.6. The van der Waals surface area contributed by atoms with Crippen molar-refractivity contribution in [1.82, 2.24) is 30.2 Å². The molecule has 330 valence electrons. The number of nitrogens with zero attached hydrogens (tertiary/aromatic N) is 4. The first-order valence-electron chi connectivity index (χ1n) is 17.1. The fraction of sp³-hybridized carbons (Fsp3) is 0.586. The van der Waals surface area contributed by atoms with Gasteiger partial charge in [0.15, 0.2) is 22.8 Å². The van der Waals surface area contributed by atoms with E-state index in [1.54, 1.807) is 0 Å². The van der Waals surface area contributed by atoms with Gasteiger partial charge in [0.05, 0.1) is 33.8 Å². The number of allylic oxidation sites excluding steroid dienone is 2. The highest BCUT2D eigenvalue weighted by atomic mass is 32.2. The molecule has 0 radical (unpaired) electrons. The molecule has 3 heterocycles. The number of fused-ring (bicyclic) bond motifs is 1. The fourth-order valence-corrected chi connectivity index (χ4v) is 8.88. The van der Waals surface area contributed by atoms with E-state index in [4.69, 9.17) is 10.5 Å². The highest BCUT2D eigenvalue weighted by Gasteiger charge is 2.47. The molecule has 1 saturated heterocycles. The van der Waals surface area contributed by atoms with Gasteiger partial charge in [-0.2, -0.15) is 0 Å². The number of ether oxygens (including phenoxy) is 1. The molecule has 0 spiro atoms. The Bertz CT molecular complexity index is 2050. The Kier molecular flexibility index (Phi) is 16.3. The van der Waals surface area contributed by atoms with Crippen LogP contribution in [0.2, 0.25) is 0 Å². The highest BCUT2D eigenvalue weighted by Crippen LogP contribution is 2.56. The minimum Gasteiger partial charge on any atom is -0.790 e. The summed E-state index contributed by atoms with van der Waals surface area (Å²) in [4.78, 5) is 96.4. The lowest BCUT2D eigenvalue weighted by molar-refractivity contribution is -0.347. The normalized spacial score (nSPS) is 26.0. The lowest BCUT2D eigenvalue weighted by atomic mass is 9.87. The minimum absolute atomic E-state index is 0.0322. The minimum atomic E-state index is -5.94. The molecule has 0 aromatic carbocycles. The Morgan fingerprint density at radius 3 is 2.44 bits per heavy atom. The Labute approximate surface area is 338 Å². The van der Waals surface area contributed by atoms with Crippen LogP contribution in [0.5, 0.6) is 0 Å². The number of carbonyl (C=O) groups excluding carboxylic acids is 3. The van der Waals surface area contributed by atoms with Crippen LogP contribution in [0.3, 0.4) is 0 Å². The maximum Gasteiger partial charge on any atom is 0.274 e. The average molecular weight is 916 g/mol. The van der Waals surface area contributed by atoms with E-state index in [0.717, 1.165) is 29.0 Å². The van der Waals surface area contributed by atoms with Crippen molar-refractivity contribution in [2.24, 2.45) is 5.41 Å². The summed E-state index contributed by atoms with van der Waals surface area (Å²) in [6.07, 6.45) is -3.72. The van der Waals surface area contributed by atoms with Gasteiger partial charge in [-0.3, -0.25) is 28.1 Å². The molecule has 1 fully saturated rings. The first kappa shape index (κ1) is 48.6. The van der Waals surface area contributed by atoms with Crippen LogP contribution in [-0.4, -0.2) is 125 Å². The lowest BCUT2D eigenvalue weighted by Gasteiger charge is -2.36. The summed E-state index contributed by atoms with van der Waals surface area (Å²) in [5.74, 6) is -1.55. The van der Waals surface area contributed by atoms with Crippen LogP contribution in [0.25, 0.3) is 11.2 Å². The van der Waals surface area contributed by atoms with Crippen molar-refractivity contribution in [2.75, 3.05) is 37.8 Å². The molecule has 2 aromatic heterocycles.